The number of benzene rings is 1. The summed E-state index contributed by atoms with van der Waals surface area (Å²) in [5, 5.41) is 4.07. The molecule has 1 aromatic carbocycles. The lowest BCUT2D eigenvalue weighted by Crippen LogP contribution is -1.84. The Labute approximate surface area is 83.5 Å². The Bertz CT molecular complexity index is 457. The van der Waals surface area contributed by atoms with Crippen LogP contribution in [0.3, 0.4) is 0 Å². The van der Waals surface area contributed by atoms with Crippen molar-refractivity contribution in [2.24, 2.45) is 0 Å². The van der Waals surface area contributed by atoms with Crippen molar-refractivity contribution in [2.75, 3.05) is 0 Å². The Balaban J connectivity index is 2.60. The summed E-state index contributed by atoms with van der Waals surface area (Å²) in [5.74, 6) is 0.892. The quantitative estimate of drug-likeness (QED) is 0.684. The van der Waals surface area contributed by atoms with E-state index >= 15 is 0 Å². The molecule has 0 saturated heterocycles. The van der Waals surface area contributed by atoms with E-state index < -0.39 is 0 Å². The lowest BCUT2D eigenvalue weighted by molar-refractivity contribution is 0.398. The van der Waals surface area contributed by atoms with Gasteiger partial charge in [0.15, 0.2) is 0 Å². The van der Waals surface area contributed by atoms with Crippen molar-refractivity contribution in [1.82, 2.24) is 5.16 Å². The average Bonchev–Trinajstić information content (AvgIpc) is 2.49. The Morgan fingerprint density at radius 1 is 1.07 bits per heavy atom. The van der Waals surface area contributed by atoms with E-state index in [-0.39, 0.29) is 0 Å². The van der Waals surface area contributed by atoms with E-state index in [9.17, 15) is 0 Å². The summed E-state index contributed by atoms with van der Waals surface area (Å²) in [6.45, 7) is 6.05. The van der Waals surface area contributed by atoms with Crippen molar-refractivity contribution in [3.8, 4) is 11.3 Å². The zero-order valence-electron chi connectivity index (χ0n) is 8.66. The average molecular weight is 187 g/mol. The maximum atomic E-state index is 5.15. The number of nitrogens with zero attached hydrogens (tertiary/aromatic N) is 1. The molecule has 0 N–H and O–H groups in total. The minimum absolute atomic E-state index is 0.892. The van der Waals surface area contributed by atoms with Crippen molar-refractivity contribution in [3.63, 3.8) is 0 Å². The third kappa shape index (κ3) is 1.33. The van der Waals surface area contributed by atoms with Gasteiger partial charge in [-0.25, -0.2) is 0 Å². The first kappa shape index (κ1) is 9.00. The second kappa shape index (κ2) is 3.29. The van der Waals surface area contributed by atoms with Crippen molar-refractivity contribution in [1.29, 1.82) is 0 Å². The van der Waals surface area contributed by atoms with Gasteiger partial charge in [0, 0.05) is 11.1 Å². The summed E-state index contributed by atoms with van der Waals surface area (Å²) in [6, 6.07) is 8.20. The second-order valence-corrected chi connectivity index (χ2v) is 3.53. The van der Waals surface area contributed by atoms with Gasteiger partial charge in [-0.3, -0.25) is 0 Å². The second-order valence-electron chi connectivity index (χ2n) is 3.53. The van der Waals surface area contributed by atoms with Gasteiger partial charge in [-0.1, -0.05) is 29.4 Å². The molecule has 1 heterocycles. The van der Waals surface area contributed by atoms with Crippen LogP contribution in [0.2, 0.25) is 0 Å². The van der Waals surface area contributed by atoms with Crippen LogP contribution in [-0.4, -0.2) is 5.16 Å². The molecule has 0 aliphatic heterocycles. The maximum Gasteiger partial charge on any atom is 0.137 e. The lowest BCUT2D eigenvalue weighted by Gasteiger charge is -2.01. The molecule has 1 aromatic heterocycles. The first-order valence-corrected chi connectivity index (χ1v) is 4.69. The highest BCUT2D eigenvalue weighted by Gasteiger charge is 2.11. The van der Waals surface area contributed by atoms with Crippen LogP contribution < -0.4 is 0 Å². The molecule has 2 rings (SSSR count). The van der Waals surface area contributed by atoms with Gasteiger partial charge in [0.2, 0.25) is 0 Å². The Hall–Kier alpha value is -1.57. The number of hydrogen-bond donors (Lipinski definition) is 0. The number of hydrogen-bond acceptors (Lipinski definition) is 2. The molecule has 14 heavy (non-hydrogen) atoms. The monoisotopic (exact) mass is 187 g/mol. The molecule has 0 atom stereocenters. The van der Waals surface area contributed by atoms with Crippen LogP contribution >= 0.6 is 0 Å². The largest absolute Gasteiger partial charge is 0.361 e. The van der Waals surface area contributed by atoms with E-state index in [1.807, 2.05) is 26.0 Å². The van der Waals surface area contributed by atoms with Crippen molar-refractivity contribution >= 4 is 0 Å². The van der Waals surface area contributed by atoms with Gasteiger partial charge in [-0.2, -0.15) is 0 Å². The molecule has 0 saturated carbocycles. The number of aromatic nitrogens is 1. The summed E-state index contributed by atoms with van der Waals surface area (Å²) in [4.78, 5) is 0. The zero-order chi connectivity index (χ0) is 10.1. The summed E-state index contributed by atoms with van der Waals surface area (Å²) >= 11 is 0. The van der Waals surface area contributed by atoms with Gasteiger partial charge in [0.25, 0.3) is 0 Å². The lowest BCUT2D eigenvalue weighted by atomic mass is 10.0. The summed E-state index contributed by atoms with van der Waals surface area (Å²) in [5.41, 5.74) is 4.46. The molecule has 2 aromatic rings. The Morgan fingerprint density at radius 2 is 1.79 bits per heavy atom. The number of rotatable bonds is 1. The molecule has 0 aliphatic carbocycles. The smallest absolute Gasteiger partial charge is 0.137 e. The van der Waals surface area contributed by atoms with E-state index in [2.05, 4.69) is 24.2 Å². The molecule has 0 radical (unpaired) electrons. The molecule has 2 nitrogen and oxygen atoms in total. The van der Waals surface area contributed by atoms with Gasteiger partial charge in [0.05, 0.1) is 0 Å². The molecule has 72 valence electrons. The molecule has 0 bridgehead atoms. The Morgan fingerprint density at radius 3 is 2.36 bits per heavy atom. The van der Waals surface area contributed by atoms with Gasteiger partial charge < -0.3 is 4.52 Å². The topological polar surface area (TPSA) is 26.0 Å². The molecular weight excluding hydrogens is 174 g/mol. The van der Waals surface area contributed by atoms with Crippen LogP contribution in [0.25, 0.3) is 11.3 Å². The van der Waals surface area contributed by atoms with Crippen molar-refractivity contribution in [2.45, 2.75) is 20.8 Å². The molecular formula is C12H13NO. The van der Waals surface area contributed by atoms with Gasteiger partial charge in [-0.05, 0) is 26.3 Å². The van der Waals surface area contributed by atoms with Crippen LogP contribution in [0.5, 0.6) is 0 Å². The standard InChI is InChI=1S/C12H13NO/c1-8-6-4-5-7-11(8)12-9(2)10(3)14-13-12/h4-7H,1-3H3. The predicted molar refractivity (Wildman–Crippen MR) is 56.2 cm³/mol. The highest BCUT2D eigenvalue weighted by atomic mass is 16.5. The third-order valence-corrected chi connectivity index (χ3v) is 2.56. The molecule has 0 aliphatic rings. The van der Waals surface area contributed by atoms with Gasteiger partial charge in [-0.15, -0.1) is 0 Å². The molecule has 2 heteroatoms. The van der Waals surface area contributed by atoms with Gasteiger partial charge in [0.1, 0.15) is 11.5 Å². The fourth-order valence-corrected chi connectivity index (χ4v) is 1.51. The van der Waals surface area contributed by atoms with E-state index in [0.29, 0.717) is 0 Å². The molecule has 0 unspecified atom stereocenters. The SMILES string of the molecule is Cc1ccccc1-c1noc(C)c1C. The first-order chi connectivity index (χ1) is 6.70. The highest BCUT2D eigenvalue weighted by Crippen LogP contribution is 2.26. The molecule has 0 fully saturated rings. The van der Waals surface area contributed by atoms with Crippen LogP contribution in [0.15, 0.2) is 28.8 Å². The fourth-order valence-electron chi connectivity index (χ4n) is 1.51. The minimum Gasteiger partial charge on any atom is -0.361 e. The van der Waals surface area contributed by atoms with E-state index in [1.165, 1.54) is 5.56 Å². The van der Waals surface area contributed by atoms with Crippen LogP contribution in [0, 0.1) is 20.8 Å². The van der Waals surface area contributed by atoms with E-state index in [1.54, 1.807) is 0 Å². The van der Waals surface area contributed by atoms with Crippen molar-refractivity contribution in [3.05, 3.63) is 41.2 Å². The normalized spacial score (nSPS) is 10.5. The fraction of sp³-hybridized carbons (Fsp3) is 0.250. The summed E-state index contributed by atoms with van der Waals surface area (Å²) < 4.78 is 5.15. The number of aryl methyl sites for hydroxylation is 2. The summed E-state index contributed by atoms with van der Waals surface area (Å²) in [7, 11) is 0. The maximum absolute atomic E-state index is 5.15. The Kier molecular flexibility index (Phi) is 2.12. The molecule has 0 amide bonds. The van der Waals surface area contributed by atoms with Crippen molar-refractivity contribution < 1.29 is 4.52 Å². The third-order valence-electron chi connectivity index (χ3n) is 2.56. The van der Waals surface area contributed by atoms with E-state index in [0.717, 1.165) is 22.6 Å². The first-order valence-electron chi connectivity index (χ1n) is 4.69. The minimum atomic E-state index is 0.892. The van der Waals surface area contributed by atoms with Crippen LogP contribution in [-0.2, 0) is 0 Å². The van der Waals surface area contributed by atoms with Crippen LogP contribution in [0.1, 0.15) is 16.9 Å². The predicted octanol–water partition coefficient (Wildman–Crippen LogP) is 3.27. The summed E-state index contributed by atoms with van der Waals surface area (Å²) in [6.07, 6.45) is 0. The van der Waals surface area contributed by atoms with E-state index in [4.69, 9.17) is 4.52 Å². The van der Waals surface area contributed by atoms with Gasteiger partial charge >= 0.3 is 0 Å². The zero-order valence-corrected chi connectivity index (χ0v) is 8.66. The van der Waals surface area contributed by atoms with Crippen LogP contribution in [0.4, 0.5) is 0 Å². The highest BCUT2D eigenvalue weighted by molar-refractivity contribution is 5.66. The molecule has 0 spiro atoms.